The van der Waals surface area contributed by atoms with Gasteiger partial charge in [0.25, 0.3) is 11.8 Å². The Labute approximate surface area is 677 Å². The van der Waals surface area contributed by atoms with Gasteiger partial charge in [0.15, 0.2) is 41.7 Å². The highest BCUT2D eigenvalue weighted by atomic mass is 35.5. The Morgan fingerprint density at radius 3 is 1.39 bits per heavy atom. The molecule has 14 rings (SSSR count). The molecule has 22 nitrogen and oxygen atoms in total. The van der Waals surface area contributed by atoms with Crippen LogP contribution in [0.5, 0.6) is 0 Å². The number of aliphatic hydroxyl groups is 2. The number of nitrogen functional groups attached to an aromatic ring is 1. The number of fused-ring (bicyclic) bond motifs is 8. The van der Waals surface area contributed by atoms with Gasteiger partial charge in [0, 0.05) is 119 Å². The first kappa shape index (κ1) is 85.7. The van der Waals surface area contributed by atoms with E-state index in [9.17, 15) is 59.1 Å². The van der Waals surface area contributed by atoms with Crippen molar-refractivity contribution in [2.45, 2.75) is 158 Å². The molecule has 6 atom stereocenters. The zero-order chi connectivity index (χ0) is 84.5. The molecule has 35 heteroatoms. The third kappa shape index (κ3) is 19.1. The van der Waals surface area contributed by atoms with Crippen LogP contribution in [0.2, 0.25) is 15.2 Å². The maximum absolute atomic E-state index is 15.3. The number of hydrogen-bond acceptors (Lipinski definition) is 18. The highest BCUT2D eigenvalue weighted by molar-refractivity contribution is 7.90. The number of aryl methyl sites for hydroxylation is 2. The SMILES string of the molecule is CC(C)CCON=O.Cn1nc(CS(C)(=O)=O)c2c(Cl)ccc(-c3ccc(C#CC(C)(C)O)nc3[C@@H](CC(=O)Cn3nc(Cl)c4c3C(F)(F)[C@@H]3C[C@H]43)Cc3cc(F)cc(F)c3)c21.Cn1nc(CS(C)(=O)=O)c2c(Cl)ccc(-c3ccc(C#CC(C)(C)O)nc3[C@@H](CC(=O)Cn3nc(N)c4c3C(F)(F)[C@@H]3C[C@H]43)Cc3cc(F)cc(F)c3)c21. The average molecular weight is 1700 g/mol. The van der Waals surface area contributed by atoms with Gasteiger partial charge in [-0.3, -0.25) is 28.3 Å². The van der Waals surface area contributed by atoms with E-state index in [1.54, 1.807) is 62.6 Å². The van der Waals surface area contributed by atoms with Gasteiger partial charge in [-0.1, -0.05) is 72.6 Å². The van der Waals surface area contributed by atoms with E-state index >= 15 is 17.6 Å². The Bertz CT molecular complexity index is 5600. The van der Waals surface area contributed by atoms with Gasteiger partial charge < -0.3 is 20.8 Å². The number of anilines is 1. The summed E-state index contributed by atoms with van der Waals surface area (Å²) in [4.78, 5) is 51.2. The lowest BCUT2D eigenvalue weighted by molar-refractivity contribution is -0.121. The summed E-state index contributed by atoms with van der Waals surface area (Å²) >= 11 is 19.6. The molecule has 10 aromatic rings. The molecule has 0 radical (unpaired) electrons. The van der Waals surface area contributed by atoms with Crippen molar-refractivity contribution in [3.63, 3.8) is 0 Å². The highest BCUT2D eigenvalue weighted by Gasteiger charge is 2.68. The fourth-order valence-electron chi connectivity index (χ4n) is 15.3. The van der Waals surface area contributed by atoms with Gasteiger partial charge in [-0.15, -0.1) is 4.91 Å². The van der Waals surface area contributed by atoms with Crippen LogP contribution in [0.3, 0.4) is 0 Å². The maximum Gasteiger partial charge on any atom is 0.293 e. The second-order valence-electron chi connectivity index (χ2n) is 31.4. The number of rotatable bonds is 24. The summed E-state index contributed by atoms with van der Waals surface area (Å²) in [7, 11) is -3.82. The molecular weight excluding hydrogens is 1620 g/mol. The Hall–Kier alpha value is -9.67. The van der Waals surface area contributed by atoms with Gasteiger partial charge in [0.1, 0.15) is 82.8 Å². The molecule has 0 spiro atoms. The normalized spacial score (nSPS) is 17.3. The van der Waals surface area contributed by atoms with Crippen LogP contribution in [0.1, 0.15) is 165 Å². The minimum Gasteiger partial charge on any atom is -0.382 e. The van der Waals surface area contributed by atoms with E-state index in [1.165, 1.54) is 37.1 Å². The van der Waals surface area contributed by atoms with Gasteiger partial charge in [0.05, 0.1) is 55.4 Å². The van der Waals surface area contributed by atoms with Gasteiger partial charge in [-0.25, -0.2) is 44.4 Å². The molecule has 6 heterocycles. The third-order valence-corrected chi connectivity index (χ3v) is 22.6. The van der Waals surface area contributed by atoms with E-state index in [1.807, 2.05) is 0 Å². The zero-order valence-electron chi connectivity index (χ0n) is 64.2. The monoisotopic (exact) mass is 1700 g/mol. The Morgan fingerprint density at radius 2 is 1.00 bits per heavy atom. The molecule has 4 N–H and O–H groups in total. The van der Waals surface area contributed by atoms with Crippen molar-refractivity contribution in [1.82, 2.24) is 49.1 Å². The van der Waals surface area contributed by atoms with Gasteiger partial charge >= 0.3 is 0 Å². The highest BCUT2D eigenvalue weighted by Crippen LogP contribution is 2.69. The average Bonchev–Trinajstić information content (AvgIpc) is 1.53. The molecule has 4 aliphatic carbocycles. The number of aromatic nitrogens is 10. The molecule has 0 saturated heterocycles. The number of nitrogens with zero attached hydrogens (tertiary/aromatic N) is 11. The molecule has 2 saturated carbocycles. The van der Waals surface area contributed by atoms with Crippen LogP contribution >= 0.6 is 34.8 Å². The lowest BCUT2D eigenvalue weighted by atomic mass is 9.86. The first-order valence-electron chi connectivity index (χ1n) is 36.6. The van der Waals surface area contributed by atoms with Crippen LogP contribution in [0.25, 0.3) is 44.1 Å². The topological polar surface area (TPSA) is 305 Å². The Kier molecular flexibility index (Phi) is 24.1. The molecule has 2 fully saturated rings. The molecule has 0 amide bonds. The van der Waals surface area contributed by atoms with Crippen LogP contribution in [0, 0.1) is 69.6 Å². The van der Waals surface area contributed by atoms with Crippen LogP contribution in [0.4, 0.5) is 40.9 Å². The van der Waals surface area contributed by atoms with Crippen molar-refractivity contribution < 1.29 is 76.6 Å². The largest absolute Gasteiger partial charge is 0.382 e. The van der Waals surface area contributed by atoms with Crippen LogP contribution in [-0.4, -0.2) is 118 Å². The van der Waals surface area contributed by atoms with E-state index < -0.39 is 138 Å². The van der Waals surface area contributed by atoms with Crippen LogP contribution in [-0.2, 0) is 97.5 Å². The standard InChI is InChI=1S/C38H33Cl2F4N5O4S.C38H35ClF4N6O4S.C5H11NO2/c1-37(2,51)10-9-23-5-6-25(26-7-8-29(39)32-30(18-54(4,52)53)46-48(3)34(26)32)33(45-23)20(11-19-12-21(41)15-22(42)13-19)14-24(50)17-49-35-31(36(40)47-49)27-16-28(27)38(35,43)44;1-37(2,51)10-9-23-5-6-25(26-7-8-29(39)32-30(18-54(4,52)53)46-48(3)34(26)32)33(45-23)20(11-19-12-21(40)15-22(41)13-19)14-24(50)17-49-35-31(36(44)47-49)27-16-28(27)38(35,42)43;1-5(2)3-4-8-6-7/h5-8,12-13,15,20,27-28,51H,11,14,16-18H2,1-4H3;5-8,12-13,15,20,27-28,51H,11,14,16-18H2,1-4H3,(H2,44,47);5H,3-4H2,1-2H3/t2*20-,27+,28-;/m11./s1. The summed E-state index contributed by atoms with van der Waals surface area (Å²) in [5, 5.41) is 41.2. The number of sulfone groups is 2. The quantitative estimate of drug-likeness (QED) is 0.0166. The lowest BCUT2D eigenvalue weighted by Crippen LogP contribution is -2.24. The summed E-state index contributed by atoms with van der Waals surface area (Å²) < 4.78 is 174. The first-order valence-corrected chi connectivity index (χ1v) is 41.9. The molecule has 0 unspecified atom stereocenters. The number of alkyl halides is 4. The fourth-order valence-corrected chi connectivity index (χ4v) is 17.5. The fraction of sp³-hybridized carbons (Fsp3) is 0.407. The first-order chi connectivity index (χ1) is 54.2. The predicted octanol–water partition coefficient (Wildman–Crippen LogP) is 15.2. The van der Waals surface area contributed by atoms with Gasteiger partial charge in [-0.2, -0.15) is 38.0 Å². The van der Waals surface area contributed by atoms with Crippen molar-refractivity contribution in [2.24, 2.45) is 37.2 Å². The number of carbonyl (C=O) groups excluding carboxylic acids is 2. The van der Waals surface area contributed by atoms with Gasteiger partial charge in [0.2, 0.25) is 0 Å². The molecular formula is C81H79Cl3F8N12O10S2. The van der Waals surface area contributed by atoms with Crippen LogP contribution < -0.4 is 5.73 Å². The minimum absolute atomic E-state index is 0.0468. The second-order valence-corrected chi connectivity index (χ2v) is 36.8. The minimum atomic E-state index is -3.53. The van der Waals surface area contributed by atoms with E-state index in [2.05, 4.69) is 68.1 Å². The third-order valence-electron chi connectivity index (χ3n) is 20.1. The molecule has 0 bridgehead atoms. The number of pyridine rings is 2. The molecule has 612 valence electrons. The number of nitrogens with two attached hydrogens (primary N) is 1. The van der Waals surface area contributed by atoms with Gasteiger partial charge in [-0.05, 0) is 161 Å². The molecule has 0 aliphatic heterocycles. The number of halogens is 11. The number of Topliss-reactive ketones (excluding diaryl/α,β-unsaturated/α-hetero) is 2. The van der Waals surface area contributed by atoms with Crippen molar-refractivity contribution in [3.05, 3.63) is 196 Å². The summed E-state index contributed by atoms with van der Waals surface area (Å²) in [6, 6.07) is 19.0. The molecule has 4 aromatic carbocycles. The van der Waals surface area contributed by atoms with E-state index in [-0.39, 0.29) is 121 Å². The van der Waals surface area contributed by atoms with Crippen molar-refractivity contribution in [1.29, 1.82) is 0 Å². The zero-order valence-corrected chi connectivity index (χ0v) is 68.1. The molecule has 6 aromatic heterocycles. The number of ketones is 2. The van der Waals surface area contributed by atoms with Crippen molar-refractivity contribution >= 4 is 93.7 Å². The predicted molar refractivity (Wildman–Crippen MR) is 421 cm³/mol. The van der Waals surface area contributed by atoms with Crippen LogP contribution in [0.15, 0.2) is 90.3 Å². The molecule has 4 aliphatic rings. The molecule has 116 heavy (non-hydrogen) atoms. The van der Waals surface area contributed by atoms with E-state index in [0.29, 0.717) is 75.1 Å². The summed E-state index contributed by atoms with van der Waals surface area (Å²) in [6.07, 6.45) is 2.71. The lowest BCUT2D eigenvalue weighted by Gasteiger charge is -2.22. The Balaban J connectivity index is 0.000000195. The maximum atomic E-state index is 15.3. The summed E-state index contributed by atoms with van der Waals surface area (Å²) in [5.41, 5.74) is 7.51. The van der Waals surface area contributed by atoms with Crippen molar-refractivity contribution in [2.75, 3.05) is 24.9 Å². The summed E-state index contributed by atoms with van der Waals surface area (Å²) in [6.45, 7) is 9.43. The summed E-state index contributed by atoms with van der Waals surface area (Å²) in [5.74, 6) is -4.47. The second kappa shape index (κ2) is 32.7. The van der Waals surface area contributed by atoms with Crippen molar-refractivity contribution in [3.8, 4) is 45.9 Å². The smallest absolute Gasteiger partial charge is 0.293 e. The Morgan fingerprint density at radius 1 is 0.612 bits per heavy atom. The van der Waals surface area contributed by atoms with E-state index in [4.69, 9.17) is 50.5 Å². The number of carbonyl (C=O) groups is 2. The van der Waals surface area contributed by atoms with E-state index in [0.717, 1.165) is 52.6 Å². The number of benzene rings is 4. The number of hydrogen-bond donors (Lipinski definition) is 3.